The van der Waals surface area contributed by atoms with Crippen LogP contribution in [0.3, 0.4) is 0 Å². The molecule has 1 unspecified atom stereocenters. The Bertz CT molecular complexity index is 660. The number of aliphatic imine (C=N–C) groups is 1. The zero-order valence-corrected chi connectivity index (χ0v) is 18.4. The molecule has 0 radical (unpaired) electrons. The van der Waals surface area contributed by atoms with Gasteiger partial charge in [-0.25, -0.2) is 0 Å². The average molecular weight is 405 g/mol. The lowest BCUT2D eigenvalue weighted by molar-refractivity contribution is 0.0621. The molecule has 0 bridgehead atoms. The number of aryl methyl sites for hydroxylation is 1. The first-order chi connectivity index (χ1) is 13.7. The van der Waals surface area contributed by atoms with E-state index < -0.39 is 0 Å². The highest BCUT2D eigenvalue weighted by Crippen LogP contribution is 2.35. The molecule has 4 rings (SSSR count). The van der Waals surface area contributed by atoms with Gasteiger partial charge in [-0.3, -0.25) is 14.6 Å². The van der Waals surface area contributed by atoms with Crippen LogP contribution in [0.15, 0.2) is 17.4 Å². The molecule has 3 heterocycles. The maximum Gasteiger partial charge on any atom is 0.193 e. The highest BCUT2D eigenvalue weighted by molar-refractivity contribution is 7.99. The molecule has 7 heteroatoms. The molecular weight excluding hydrogens is 368 g/mol. The molecule has 1 aromatic heterocycles. The Morgan fingerprint density at radius 3 is 2.71 bits per heavy atom. The van der Waals surface area contributed by atoms with E-state index in [1.54, 1.807) is 0 Å². The lowest BCUT2D eigenvalue weighted by atomic mass is 9.80. The molecule has 0 spiro atoms. The van der Waals surface area contributed by atoms with Crippen molar-refractivity contribution in [2.24, 2.45) is 12.0 Å². The van der Waals surface area contributed by atoms with Gasteiger partial charge in [0.25, 0.3) is 0 Å². The quantitative estimate of drug-likeness (QED) is 0.617. The van der Waals surface area contributed by atoms with Crippen molar-refractivity contribution in [1.82, 2.24) is 24.9 Å². The van der Waals surface area contributed by atoms with E-state index >= 15 is 0 Å². The third-order valence-electron chi connectivity index (χ3n) is 6.94. The Morgan fingerprint density at radius 1 is 1.25 bits per heavy atom. The molecule has 156 valence electrons. The highest BCUT2D eigenvalue weighted by atomic mass is 32.2. The average Bonchev–Trinajstić information content (AvgIpc) is 3.39. The summed E-state index contributed by atoms with van der Waals surface area (Å²) < 4.78 is 1.91. The van der Waals surface area contributed by atoms with Crippen molar-refractivity contribution in [3.63, 3.8) is 0 Å². The second-order valence-electron chi connectivity index (χ2n) is 8.66. The van der Waals surface area contributed by atoms with Crippen LogP contribution in [-0.4, -0.2) is 82.4 Å². The molecule has 28 heavy (non-hydrogen) atoms. The molecule has 0 aromatic carbocycles. The second-order valence-corrected chi connectivity index (χ2v) is 9.89. The number of nitrogens with one attached hydrogen (secondary N) is 1. The normalized spacial score (nSPS) is 26.6. The van der Waals surface area contributed by atoms with Crippen molar-refractivity contribution in [2.75, 3.05) is 51.3 Å². The van der Waals surface area contributed by atoms with Crippen molar-refractivity contribution < 1.29 is 0 Å². The van der Waals surface area contributed by atoms with E-state index in [-0.39, 0.29) is 0 Å². The fraction of sp³-hybridized carbons (Fsp3) is 0.810. The van der Waals surface area contributed by atoms with Gasteiger partial charge >= 0.3 is 0 Å². The van der Waals surface area contributed by atoms with Crippen LogP contribution >= 0.6 is 11.8 Å². The van der Waals surface area contributed by atoms with Crippen molar-refractivity contribution in [3.05, 3.63) is 18.0 Å². The predicted octanol–water partition coefficient (Wildman–Crippen LogP) is 2.54. The molecule has 1 atom stereocenters. The zero-order chi connectivity index (χ0) is 19.4. The lowest BCUT2D eigenvalue weighted by Gasteiger charge is -2.48. The van der Waals surface area contributed by atoms with E-state index in [0.717, 1.165) is 25.6 Å². The minimum atomic E-state index is 0.331. The molecule has 1 aliphatic carbocycles. The van der Waals surface area contributed by atoms with Gasteiger partial charge in [0.1, 0.15) is 0 Å². The molecule has 0 amide bonds. The smallest absolute Gasteiger partial charge is 0.193 e. The van der Waals surface area contributed by atoms with Crippen LogP contribution in [0.4, 0.5) is 0 Å². The summed E-state index contributed by atoms with van der Waals surface area (Å²) in [5.41, 5.74) is 1.69. The number of rotatable bonds is 4. The number of hydrogen-bond acceptors (Lipinski definition) is 4. The Hall–Kier alpha value is -1.21. The van der Waals surface area contributed by atoms with Gasteiger partial charge in [-0.15, -0.1) is 0 Å². The third-order valence-corrected chi connectivity index (χ3v) is 7.88. The van der Waals surface area contributed by atoms with E-state index in [4.69, 9.17) is 0 Å². The van der Waals surface area contributed by atoms with Crippen molar-refractivity contribution in [1.29, 1.82) is 0 Å². The van der Waals surface area contributed by atoms with Gasteiger partial charge in [-0.05, 0) is 24.8 Å². The standard InChI is InChI=1S/C21H36N6S/c1-22-20(26-9-6-18(16-26)19-14-24-25(2)15-19)23-17-21(7-4-3-5-8-21)27-10-12-28-13-11-27/h14-15,18H,3-13,16-17H2,1-2H3,(H,22,23). The Balaban J connectivity index is 1.38. The number of thioether (sulfide) groups is 1. The van der Waals surface area contributed by atoms with Gasteiger partial charge < -0.3 is 10.2 Å². The zero-order valence-electron chi connectivity index (χ0n) is 17.6. The van der Waals surface area contributed by atoms with E-state index in [0.29, 0.717) is 11.5 Å². The fourth-order valence-corrected chi connectivity index (χ4v) is 6.21. The molecule has 1 saturated carbocycles. The van der Waals surface area contributed by atoms with Crippen molar-refractivity contribution in [2.45, 2.75) is 50.0 Å². The predicted molar refractivity (Wildman–Crippen MR) is 118 cm³/mol. The van der Waals surface area contributed by atoms with Gasteiger partial charge in [0.15, 0.2) is 5.96 Å². The van der Waals surface area contributed by atoms with Crippen LogP contribution in [0.5, 0.6) is 0 Å². The first-order valence-corrected chi connectivity index (χ1v) is 12.1. The summed E-state index contributed by atoms with van der Waals surface area (Å²) >= 11 is 2.11. The Morgan fingerprint density at radius 2 is 2.04 bits per heavy atom. The Labute approximate surface area is 174 Å². The van der Waals surface area contributed by atoms with E-state index in [1.807, 2.05) is 25.0 Å². The minimum absolute atomic E-state index is 0.331. The van der Waals surface area contributed by atoms with Gasteiger partial charge in [0.05, 0.1) is 6.20 Å². The van der Waals surface area contributed by atoms with Crippen LogP contribution in [0.2, 0.25) is 0 Å². The van der Waals surface area contributed by atoms with E-state index in [9.17, 15) is 0 Å². The maximum absolute atomic E-state index is 4.65. The molecule has 6 nitrogen and oxygen atoms in total. The van der Waals surface area contributed by atoms with Crippen molar-refractivity contribution in [3.8, 4) is 0 Å². The highest BCUT2D eigenvalue weighted by Gasteiger charge is 2.39. The first kappa shape index (κ1) is 20.1. The molecule has 3 fully saturated rings. The van der Waals surface area contributed by atoms with Crippen LogP contribution < -0.4 is 5.32 Å². The minimum Gasteiger partial charge on any atom is -0.354 e. The monoisotopic (exact) mass is 404 g/mol. The number of likely N-dealkylation sites (tertiary alicyclic amines) is 1. The summed E-state index contributed by atoms with van der Waals surface area (Å²) in [6, 6.07) is 0. The van der Waals surface area contributed by atoms with Gasteiger partial charge in [-0.1, -0.05) is 19.3 Å². The second kappa shape index (κ2) is 9.08. The number of hydrogen-bond donors (Lipinski definition) is 1. The summed E-state index contributed by atoms with van der Waals surface area (Å²) in [5, 5.41) is 8.16. The number of aromatic nitrogens is 2. The first-order valence-electron chi connectivity index (χ1n) is 11.0. The number of guanidine groups is 1. The summed E-state index contributed by atoms with van der Waals surface area (Å²) in [4.78, 5) is 9.89. The summed E-state index contributed by atoms with van der Waals surface area (Å²) in [6.45, 7) is 5.65. The molecule has 1 aromatic rings. The lowest BCUT2D eigenvalue weighted by Crippen LogP contribution is -2.60. The molecule has 1 N–H and O–H groups in total. The Kier molecular flexibility index (Phi) is 6.51. The summed E-state index contributed by atoms with van der Waals surface area (Å²) in [5.74, 6) is 4.22. The van der Waals surface area contributed by atoms with Crippen LogP contribution in [0, 0.1) is 0 Å². The summed E-state index contributed by atoms with van der Waals surface area (Å²) in [6.07, 6.45) is 12.2. The maximum atomic E-state index is 4.65. The molecule has 2 aliphatic heterocycles. The number of nitrogens with zero attached hydrogens (tertiary/aromatic N) is 5. The van der Waals surface area contributed by atoms with Gasteiger partial charge in [0, 0.05) is 76.0 Å². The van der Waals surface area contributed by atoms with Crippen LogP contribution in [-0.2, 0) is 7.05 Å². The van der Waals surface area contributed by atoms with E-state index in [1.165, 1.54) is 68.7 Å². The van der Waals surface area contributed by atoms with Crippen LogP contribution in [0.1, 0.15) is 50.0 Å². The molecule has 2 saturated heterocycles. The van der Waals surface area contributed by atoms with Crippen molar-refractivity contribution >= 4 is 17.7 Å². The molecular formula is C21H36N6S. The third kappa shape index (κ3) is 4.35. The van der Waals surface area contributed by atoms with Gasteiger partial charge in [-0.2, -0.15) is 16.9 Å². The topological polar surface area (TPSA) is 48.7 Å². The van der Waals surface area contributed by atoms with Gasteiger partial charge in [0.2, 0.25) is 0 Å². The molecule has 3 aliphatic rings. The SMILES string of the molecule is CN=C(NCC1(N2CCSCC2)CCCCC1)N1CCC(c2cnn(C)c2)C1. The van der Waals surface area contributed by atoms with Crippen LogP contribution in [0.25, 0.3) is 0 Å². The summed E-state index contributed by atoms with van der Waals surface area (Å²) in [7, 11) is 3.93. The fourth-order valence-electron chi connectivity index (χ4n) is 5.30. The largest absolute Gasteiger partial charge is 0.354 e. The van der Waals surface area contributed by atoms with E-state index in [2.05, 4.69) is 43.2 Å².